The molecule has 0 unspecified atom stereocenters. The first-order valence-electron chi connectivity index (χ1n) is 3.86. The van der Waals surface area contributed by atoms with Gasteiger partial charge in [-0.15, -0.1) is 0 Å². The van der Waals surface area contributed by atoms with Crippen molar-refractivity contribution in [1.82, 2.24) is 20.4 Å². The average Bonchev–Trinajstić information content (AvgIpc) is 2.03. The van der Waals surface area contributed by atoms with Gasteiger partial charge >= 0.3 is 0 Å². The number of amides is 1. The van der Waals surface area contributed by atoms with E-state index in [0.29, 0.717) is 11.3 Å². The molecule has 0 aliphatic heterocycles. The molecule has 0 atom stereocenters. The van der Waals surface area contributed by atoms with Gasteiger partial charge < -0.3 is 0 Å². The van der Waals surface area contributed by atoms with Crippen molar-refractivity contribution in [3.05, 3.63) is 23.8 Å². The van der Waals surface area contributed by atoms with Crippen molar-refractivity contribution >= 4 is 5.91 Å². The second-order valence-electron chi connectivity index (χ2n) is 2.86. The Bertz CT molecular complexity index is 311. The van der Waals surface area contributed by atoms with Gasteiger partial charge in [-0.25, -0.2) is 15.0 Å². The van der Waals surface area contributed by atoms with E-state index in [2.05, 4.69) is 15.4 Å². The molecule has 1 heterocycles. The van der Waals surface area contributed by atoms with E-state index in [1.165, 1.54) is 12.5 Å². The highest BCUT2D eigenvalue weighted by atomic mass is 16.2. The van der Waals surface area contributed by atoms with E-state index in [1.54, 1.807) is 26.0 Å². The fourth-order valence-corrected chi connectivity index (χ4v) is 0.877. The van der Waals surface area contributed by atoms with E-state index < -0.39 is 0 Å². The maximum absolute atomic E-state index is 11.4. The smallest absolute Gasteiger partial charge is 0.268 e. The molecular formula is C8H12N4O. The molecule has 70 valence electrons. The SMILES string of the molecule is Cc1ncncc1C(=O)NN(C)C. The van der Waals surface area contributed by atoms with Crippen LogP contribution in [0, 0.1) is 6.92 Å². The van der Waals surface area contributed by atoms with Crippen LogP contribution in [0.1, 0.15) is 16.1 Å². The Morgan fingerprint density at radius 3 is 2.77 bits per heavy atom. The van der Waals surface area contributed by atoms with E-state index >= 15 is 0 Å². The van der Waals surface area contributed by atoms with Crippen LogP contribution in [0.15, 0.2) is 12.5 Å². The second kappa shape index (κ2) is 3.95. The zero-order valence-corrected chi connectivity index (χ0v) is 7.90. The normalized spacial score (nSPS) is 10.2. The summed E-state index contributed by atoms with van der Waals surface area (Å²) in [6.45, 7) is 1.77. The van der Waals surface area contributed by atoms with Crippen LogP contribution in [0.2, 0.25) is 0 Å². The summed E-state index contributed by atoms with van der Waals surface area (Å²) in [6, 6.07) is 0. The van der Waals surface area contributed by atoms with E-state index in [0.717, 1.165) is 0 Å². The quantitative estimate of drug-likeness (QED) is 0.650. The molecule has 0 aliphatic carbocycles. The van der Waals surface area contributed by atoms with Crippen LogP contribution in [0.5, 0.6) is 0 Å². The minimum atomic E-state index is -0.192. The zero-order chi connectivity index (χ0) is 9.84. The van der Waals surface area contributed by atoms with Crippen LogP contribution in [0.4, 0.5) is 0 Å². The predicted molar refractivity (Wildman–Crippen MR) is 47.9 cm³/mol. The van der Waals surface area contributed by atoms with Crippen molar-refractivity contribution in [2.45, 2.75) is 6.92 Å². The average molecular weight is 180 g/mol. The Balaban J connectivity index is 2.83. The highest BCUT2D eigenvalue weighted by Gasteiger charge is 2.09. The number of hydrazine groups is 1. The largest absolute Gasteiger partial charge is 0.285 e. The number of nitrogens with zero attached hydrogens (tertiary/aromatic N) is 3. The molecule has 13 heavy (non-hydrogen) atoms. The van der Waals surface area contributed by atoms with Crippen molar-refractivity contribution in [2.24, 2.45) is 0 Å². The monoisotopic (exact) mass is 180 g/mol. The minimum absolute atomic E-state index is 0.192. The fraction of sp³-hybridized carbons (Fsp3) is 0.375. The molecule has 0 saturated carbocycles. The van der Waals surface area contributed by atoms with Gasteiger partial charge in [0.05, 0.1) is 11.3 Å². The topological polar surface area (TPSA) is 58.1 Å². The van der Waals surface area contributed by atoms with E-state index in [9.17, 15) is 4.79 Å². The number of carbonyl (C=O) groups is 1. The van der Waals surface area contributed by atoms with Crippen LogP contribution in [0.3, 0.4) is 0 Å². The third-order valence-electron chi connectivity index (χ3n) is 1.48. The molecule has 0 radical (unpaired) electrons. The molecule has 1 amide bonds. The lowest BCUT2D eigenvalue weighted by Crippen LogP contribution is -2.36. The number of aromatic nitrogens is 2. The molecule has 1 N–H and O–H groups in total. The molecule has 0 bridgehead atoms. The van der Waals surface area contributed by atoms with Crippen LogP contribution in [0.25, 0.3) is 0 Å². The zero-order valence-electron chi connectivity index (χ0n) is 7.90. The first kappa shape index (κ1) is 9.60. The molecule has 0 aliphatic rings. The van der Waals surface area contributed by atoms with Gasteiger partial charge in [0.25, 0.3) is 5.91 Å². The molecule has 0 fully saturated rings. The van der Waals surface area contributed by atoms with Gasteiger partial charge in [-0.2, -0.15) is 0 Å². The van der Waals surface area contributed by atoms with Crippen LogP contribution in [-0.4, -0.2) is 35.0 Å². The Hall–Kier alpha value is -1.49. The first-order chi connectivity index (χ1) is 6.11. The summed E-state index contributed by atoms with van der Waals surface area (Å²) in [4.78, 5) is 19.1. The highest BCUT2D eigenvalue weighted by Crippen LogP contribution is 2.00. The Kier molecular flexibility index (Phi) is 2.92. The van der Waals surface area contributed by atoms with Crippen LogP contribution in [-0.2, 0) is 0 Å². The van der Waals surface area contributed by atoms with Crippen molar-refractivity contribution in [2.75, 3.05) is 14.1 Å². The molecule has 5 heteroatoms. The Morgan fingerprint density at radius 2 is 2.23 bits per heavy atom. The van der Waals surface area contributed by atoms with Gasteiger partial charge in [-0.3, -0.25) is 10.2 Å². The summed E-state index contributed by atoms with van der Waals surface area (Å²) in [6.07, 6.45) is 2.92. The number of nitrogens with one attached hydrogen (secondary N) is 1. The summed E-state index contributed by atoms with van der Waals surface area (Å²) < 4.78 is 0. The Labute approximate surface area is 76.8 Å². The number of aryl methyl sites for hydroxylation is 1. The summed E-state index contributed by atoms with van der Waals surface area (Å²) in [5.74, 6) is -0.192. The van der Waals surface area contributed by atoms with Gasteiger partial charge in [0, 0.05) is 20.3 Å². The summed E-state index contributed by atoms with van der Waals surface area (Å²) in [7, 11) is 3.49. The molecule has 1 aromatic heterocycles. The maximum Gasteiger partial charge on any atom is 0.268 e. The first-order valence-corrected chi connectivity index (χ1v) is 3.86. The molecule has 1 rings (SSSR count). The predicted octanol–water partition coefficient (Wildman–Crippen LogP) is -0.00858. The summed E-state index contributed by atoms with van der Waals surface area (Å²) in [5.41, 5.74) is 3.79. The highest BCUT2D eigenvalue weighted by molar-refractivity contribution is 5.94. The molecule has 5 nitrogen and oxygen atoms in total. The lowest BCUT2D eigenvalue weighted by Gasteiger charge is -2.11. The van der Waals surface area contributed by atoms with Crippen molar-refractivity contribution < 1.29 is 4.79 Å². The van der Waals surface area contributed by atoms with Gasteiger partial charge in [-0.05, 0) is 6.92 Å². The van der Waals surface area contributed by atoms with Gasteiger partial charge in [0.15, 0.2) is 0 Å². The fourth-order valence-electron chi connectivity index (χ4n) is 0.877. The Morgan fingerprint density at radius 1 is 1.54 bits per heavy atom. The number of hydrogen-bond acceptors (Lipinski definition) is 4. The van der Waals surface area contributed by atoms with E-state index in [4.69, 9.17) is 0 Å². The van der Waals surface area contributed by atoms with Crippen LogP contribution >= 0.6 is 0 Å². The van der Waals surface area contributed by atoms with Gasteiger partial charge in [0.1, 0.15) is 6.33 Å². The van der Waals surface area contributed by atoms with Gasteiger partial charge in [0.2, 0.25) is 0 Å². The van der Waals surface area contributed by atoms with Crippen molar-refractivity contribution in [1.29, 1.82) is 0 Å². The maximum atomic E-state index is 11.4. The molecule has 0 saturated heterocycles. The lowest BCUT2D eigenvalue weighted by molar-refractivity contribution is 0.0855. The van der Waals surface area contributed by atoms with Crippen molar-refractivity contribution in [3.8, 4) is 0 Å². The number of hydrogen-bond donors (Lipinski definition) is 1. The van der Waals surface area contributed by atoms with Crippen molar-refractivity contribution in [3.63, 3.8) is 0 Å². The second-order valence-corrected chi connectivity index (χ2v) is 2.86. The van der Waals surface area contributed by atoms with E-state index in [-0.39, 0.29) is 5.91 Å². The minimum Gasteiger partial charge on any atom is -0.285 e. The molecule has 1 aromatic rings. The van der Waals surface area contributed by atoms with Crippen LogP contribution < -0.4 is 5.43 Å². The standard InChI is InChI=1S/C8H12N4O/c1-6-7(4-9-5-10-6)8(13)11-12(2)3/h4-5H,1-3H3,(H,11,13). The third-order valence-corrected chi connectivity index (χ3v) is 1.48. The number of carbonyl (C=O) groups excluding carboxylic acids is 1. The summed E-state index contributed by atoms with van der Waals surface area (Å²) in [5, 5.41) is 1.58. The summed E-state index contributed by atoms with van der Waals surface area (Å²) >= 11 is 0. The number of rotatable bonds is 2. The lowest BCUT2D eigenvalue weighted by atomic mass is 10.2. The molecule has 0 spiro atoms. The molecular weight excluding hydrogens is 168 g/mol. The van der Waals surface area contributed by atoms with Gasteiger partial charge in [-0.1, -0.05) is 0 Å². The molecule has 0 aromatic carbocycles. The van der Waals surface area contributed by atoms with E-state index in [1.807, 2.05) is 0 Å². The third kappa shape index (κ3) is 2.48.